The molecule has 2 nitrogen and oxygen atoms in total. The number of rotatable bonds is 0. The lowest BCUT2D eigenvalue weighted by Gasteiger charge is -2.37. The Morgan fingerprint density at radius 1 is 1.45 bits per heavy atom. The highest BCUT2D eigenvalue weighted by Gasteiger charge is 2.44. The van der Waals surface area contributed by atoms with Gasteiger partial charge in [0.15, 0.2) is 0 Å². The molecule has 0 aromatic heterocycles. The van der Waals surface area contributed by atoms with Crippen molar-refractivity contribution in [2.24, 2.45) is 5.73 Å². The van der Waals surface area contributed by atoms with Gasteiger partial charge in [-0.05, 0) is 26.3 Å². The summed E-state index contributed by atoms with van der Waals surface area (Å²) < 4.78 is 13.4. The Labute approximate surface area is 66.5 Å². The highest BCUT2D eigenvalue weighted by atomic mass is 19.1. The van der Waals surface area contributed by atoms with E-state index in [2.05, 4.69) is 4.90 Å². The van der Waals surface area contributed by atoms with Crippen LogP contribution in [0.15, 0.2) is 0 Å². The molecule has 4 atom stereocenters. The minimum absolute atomic E-state index is 0.115. The Bertz CT molecular complexity index is 162. The van der Waals surface area contributed by atoms with E-state index in [1.807, 2.05) is 7.05 Å². The quantitative estimate of drug-likeness (QED) is 0.557. The molecule has 2 rings (SSSR count). The number of fused-ring (bicyclic) bond motifs is 2. The summed E-state index contributed by atoms with van der Waals surface area (Å²) in [5.74, 6) is 0. The molecule has 2 aliphatic heterocycles. The Balaban J connectivity index is 2.16. The zero-order valence-corrected chi connectivity index (χ0v) is 6.83. The predicted octanol–water partition coefficient (Wildman–Crippen LogP) is 0.518. The molecule has 2 bridgehead atoms. The van der Waals surface area contributed by atoms with Crippen LogP contribution in [0.3, 0.4) is 0 Å². The molecule has 2 N–H and O–H groups in total. The topological polar surface area (TPSA) is 29.3 Å². The van der Waals surface area contributed by atoms with Crippen molar-refractivity contribution in [2.75, 3.05) is 7.05 Å². The summed E-state index contributed by atoms with van der Waals surface area (Å²) in [6.07, 6.45) is 2.18. The van der Waals surface area contributed by atoms with Gasteiger partial charge in [0.2, 0.25) is 0 Å². The highest BCUT2D eigenvalue weighted by Crippen LogP contribution is 2.35. The van der Waals surface area contributed by atoms with Crippen molar-refractivity contribution >= 4 is 0 Å². The fourth-order valence-corrected chi connectivity index (χ4v) is 2.44. The fraction of sp³-hybridized carbons (Fsp3) is 1.00. The minimum Gasteiger partial charge on any atom is -0.325 e. The molecule has 2 fully saturated rings. The number of nitrogens with two attached hydrogens (primary N) is 1. The smallest absolute Gasteiger partial charge is 0.131 e. The van der Waals surface area contributed by atoms with Crippen LogP contribution in [-0.2, 0) is 0 Å². The maximum Gasteiger partial charge on any atom is 0.131 e. The Hall–Kier alpha value is -0.150. The molecule has 0 aromatic rings. The zero-order chi connectivity index (χ0) is 8.01. The molecule has 0 aliphatic carbocycles. The van der Waals surface area contributed by atoms with Crippen molar-refractivity contribution < 1.29 is 4.39 Å². The van der Waals surface area contributed by atoms with Gasteiger partial charge in [0.25, 0.3) is 0 Å². The first-order valence-electron chi connectivity index (χ1n) is 4.31. The van der Waals surface area contributed by atoms with E-state index in [9.17, 15) is 4.39 Å². The molecule has 0 unspecified atom stereocenters. The van der Waals surface area contributed by atoms with Gasteiger partial charge >= 0.3 is 0 Å². The third kappa shape index (κ3) is 0.983. The lowest BCUT2D eigenvalue weighted by Crippen LogP contribution is -2.53. The van der Waals surface area contributed by atoms with Gasteiger partial charge in [-0.15, -0.1) is 0 Å². The lowest BCUT2D eigenvalue weighted by atomic mass is 9.97. The molecule has 3 heteroatoms. The van der Waals surface area contributed by atoms with Crippen molar-refractivity contribution in [3.05, 3.63) is 0 Å². The van der Waals surface area contributed by atoms with Crippen molar-refractivity contribution in [1.29, 1.82) is 0 Å². The summed E-state index contributed by atoms with van der Waals surface area (Å²) in [5.41, 5.74) is 5.66. The number of hydrogen-bond acceptors (Lipinski definition) is 2. The summed E-state index contributed by atoms with van der Waals surface area (Å²) in [5, 5.41) is 0. The molecule has 0 saturated carbocycles. The first kappa shape index (κ1) is 7.50. The number of piperidine rings is 1. The van der Waals surface area contributed by atoms with Crippen LogP contribution in [0.4, 0.5) is 4.39 Å². The molecule has 2 saturated heterocycles. The fourth-order valence-electron chi connectivity index (χ4n) is 2.44. The van der Waals surface area contributed by atoms with Crippen LogP contribution in [0.25, 0.3) is 0 Å². The monoisotopic (exact) mass is 158 g/mol. The number of halogens is 1. The van der Waals surface area contributed by atoms with Crippen LogP contribution in [0.2, 0.25) is 0 Å². The molecule has 0 spiro atoms. The number of alkyl halides is 1. The maximum absolute atomic E-state index is 13.4. The van der Waals surface area contributed by atoms with E-state index in [1.165, 1.54) is 0 Å². The van der Waals surface area contributed by atoms with E-state index in [1.54, 1.807) is 0 Å². The van der Waals surface area contributed by atoms with Crippen molar-refractivity contribution in [3.63, 3.8) is 0 Å². The van der Waals surface area contributed by atoms with E-state index in [-0.39, 0.29) is 12.1 Å². The first-order chi connectivity index (χ1) is 5.20. The van der Waals surface area contributed by atoms with Crippen LogP contribution >= 0.6 is 0 Å². The summed E-state index contributed by atoms with van der Waals surface area (Å²) in [6.45, 7) is 0. The van der Waals surface area contributed by atoms with E-state index >= 15 is 0 Å². The van der Waals surface area contributed by atoms with Crippen LogP contribution in [0, 0.1) is 0 Å². The largest absolute Gasteiger partial charge is 0.325 e. The Morgan fingerprint density at radius 2 is 2.18 bits per heavy atom. The molecular weight excluding hydrogens is 143 g/mol. The normalized spacial score (nSPS) is 51.5. The second-order valence-electron chi connectivity index (χ2n) is 3.81. The van der Waals surface area contributed by atoms with E-state index in [0.29, 0.717) is 6.04 Å². The summed E-state index contributed by atoms with van der Waals surface area (Å²) in [7, 11) is 2.01. The lowest BCUT2D eigenvalue weighted by molar-refractivity contribution is 0.0721. The van der Waals surface area contributed by atoms with Gasteiger partial charge in [0.1, 0.15) is 6.17 Å². The molecule has 0 aromatic carbocycles. The molecule has 11 heavy (non-hydrogen) atoms. The summed E-state index contributed by atoms with van der Waals surface area (Å²) >= 11 is 0. The van der Waals surface area contributed by atoms with Crippen molar-refractivity contribution in [2.45, 2.75) is 43.6 Å². The van der Waals surface area contributed by atoms with Gasteiger partial charge in [-0.25, -0.2) is 4.39 Å². The average Bonchev–Trinajstić information content (AvgIpc) is 2.23. The molecule has 2 aliphatic rings. The van der Waals surface area contributed by atoms with E-state index < -0.39 is 6.17 Å². The van der Waals surface area contributed by atoms with E-state index in [4.69, 9.17) is 5.73 Å². The number of hydrogen-bond donors (Lipinski definition) is 1. The average molecular weight is 158 g/mol. The number of nitrogens with zero attached hydrogens (tertiary/aromatic N) is 1. The van der Waals surface area contributed by atoms with Gasteiger partial charge in [0.05, 0.1) is 0 Å². The molecular formula is C8H15FN2. The van der Waals surface area contributed by atoms with Crippen molar-refractivity contribution in [3.8, 4) is 0 Å². The first-order valence-corrected chi connectivity index (χ1v) is 4.31. The van der Waals surface area contributed by atoms with E-state index in [0.717, 1.165) is 19.3 Å². The summed E-state index contributed by atoms with van der Waals surface area (Å²) in [6, 6.07) is 0.467. The Morgan fingerprint density at radius 3 is 2.91 bits per heavy atom. The van der Waals surface area contributed by atoms with Crippen LogP contribution in [-0.4, -0.2) is 36.2 Å². The standard InChI is InChI=1S/C8H15FN2/c1-11-5-2-3-7(11)8(9)6(10)4-5/h5-8H,2-4,10H2,1H3/t5-,6+,7+,8+/m0/s1. The molecule has 64 valence electrons. The molecule has 0 amide bonds. The molecule has 2 heterocycles. The summed E-state index contributed by atoms with van der Waals surface area (Å²) in [4.78, 5) is 2.16. The van der Waals surface area contributed by atoms with Gasteiger partial charge < -0.3 is 5.73 Å². The minimum atomic E-state index is -0.793. The zero-order valence-electron chi connectivity index (χ0n) is 6.83. The van der Waals surface area contributed by atoms with Crippen LogP contribution in [0.1, 0.15) is 19.3 Å². The van der Waals surface area contributed by atoms with Gasteiger partial charge in [-0.1, -0.05) is 0 Å². The maximum atomic E-state index is 13.4. The third-order valence-corrected chi connectivity index (χ3v) is 3.22. The van der Waals surface area contributed by atoms with Gasteiger partial charge in [-0.3, -0.25) is 4.90 Å². The second-order valence-corrected chi connectivity index (χ2v) is 3.81. The van der Waals surface area contributed by atoms with Crippen LogP contribution < -0.4 is 5.73 Å². The van der Waals surface area contributed by atoms with Crippen LogP contribution in [0.5, 0.6) is 0 Å². The van der Waals surface area contributed by atoms with Crippen molar-refractivity contribution in [1.82, 2.24) is 4.90 Å². The Kier molecular flexibility index (Phi) is 1.65. The predicted molar refractivity (Wildman–Crippen MR) is 42.1 cm³/mol. The molecule has 0 radical (unpaired) electrons. The van der Waals surface area contributed by atoms with Gasteiger partial charge in [0, 0.05) is 18.1 Å². The highest BCUT2D eigenvalue weighted by molar-refractivity contribution is 5.00. The third-order valence-electron chi connectivity index (χ3n) is 3.22. The second kappa shape index (κ2) is 2.42. The SMILES string of the molecule is CN1[C@H]2CC[C@@H]1[C@H](F)[C@H](N)C2. The van der Waals surface area contributed by atoms with Gasteiger partial charge in [-0.2, -0.15) is 0 Å².